The number of nitrogens with zero attached hydrogens (tertiary/aromatic N) is 2. The SMILES string of the molecule is O=C(CCN1CCN(c2ccccc2Cl)CC1)c1ccc(O)cc1. The molecule has 4 nitrogen and oxygen atoms in total. The van der Waals surface area contributed by atoms with Crippen molar-refractivity contribution < 1.29 is 9.90 Å². The normalized spacial score (nSPS) is 15.5. The summed E-state index contributed by atoms with van der Waals surface area (Å²) in [6, 6.07) is 14.4. The third-order valence-corrected chi connectivity index (χ3v) is 4.73. The van der Waals surface area contributed by atoms with Crippen molar-refractivity contribution in [1.29, 1.82) is 0 Å². The molecule has 1 aliphatic rings. The standard InChI is InChI=1S/C19H21ClN2O2/c20-17-3-1-2-4-18(17)22-13-11-21(12-14-22)10-9-19(24)15-5-7-16(23)8-6-15/h1-8,23H,9-14H2. The highest BCUT2D eigenvalue weighted by Gasteiger charge is 2.19. The topological polar surface area (TPSA) is 43.8 Å². The van der Waals surface area contributed by atoms with E-state index in [4.69, 9.17) is 11.6 Å². The molecule has 0 unspecified atom stereocenters. The molecule has 0 amide bonds. The molecule has 0 radical (unpaired) electrons. The second-order valence-electron chi connectivity index (χ2n) is 6.00. The summed E-state index contributed by atoms with van der Waals surface area (Å²) in [5, 5.41) is 10.1. The predicted octanol–water partition coefficient (Wildman–Crippen LogP) is 3.44. The molecular formula is C19H21ClN2O2. The Morgan fingerprint density at radius 2 is 1.67 bits per heavy atom. The molecular weight excluding hydrogens is 324 g/mol. The second-order valence-corrected chi connectivity index (χ2v) is 6.41. The van der Waals surface area contributed by atoms with E-state index in [0.29, 0.717) is 12.0 Å². The molecule has 0 spiro atoms. The lowest BCUT2D eigenvalue weighted by Gasteiger charge is -2.36. The Hall–Kier alpha value is -2.04. The monoisotopic (exact) mass is 344 g/mol. The first kappa shape index (κ1) is 16.8. The van der Waals surface area contributed by atoms with Crippen LogP contribution in [0.5, 0.6) is 5.75 Å². The maximum absolute atomic E-state index is 12.2. The number of halogens is 1. The number of carbonyl (C=O) groups is 1. The third-order valence-electron chi connectivity index (χ3n) is 4.41. The molecule has 24 heavy (non-hydrogen) atoms. The highest BCUT2D eigenvalue weighted by molar-refractivity contribution is 6.33. The van der Waals surface area contributed by atoms with E-state index >= 15 is 0 Å². The molecule has 0 bridgehead atoms. The van der Waals surface area contributed by atoms with E-state index in [1.54, 1.807) is 24.3 Å². The summed E-state index contributed by atoms with van der Waals surface area (Å²) in [7, 11) is 0. The van der Waals surface area contributed by atoms with Crippen LogP contribution in [0.4, 0.5) is 5.69 Å². The van der Waals surface area contributed by atoms with Gasteiger partial charge in [-0.05, 0) is 36.4 Å². The van der Waals surface area contributed by atoms with Gasteiger partial charge >= 0.3 is 0 Å². The van der Waals surface area contributed by atoms with Gasteiger partial charge in [0.2, 0.25) is 0 Å². The Balaban J connectivity index is 1.48. The van der Waals surface area contributed by atoms with Crippen LogP contribution in [-0.4, -0.2) is 48.5 Å². The summed E-state index contributed by atoms with van der Waals surface area (Å²) in [4.78, 5) is 16.8. The number of para-hydroxylation sites is 1. The lowest BCUT2D eigenvalue weighted by molar-refractivity contribution is 0.0962. The summed E-state index contributed by atoms with van der Waals surface area (Å²) in [6.45, 7) is 4.44. The summed E-state index contributed by atoms with van der Waals surface area (Å²) < 4.78 is 0. The predicted molar refractivity (Wildman–Crippen MR) is 97.2 cm³/mol. The van der Waals surface area contributed by atoms with Crippen LogP contribution in [0.3, 0.4) is 0 Å². The lowest BCUT2D eigenvalue weighted by Crippen LogP contribution is -2.47. The van der Waals surface area contributed by atoms with E-state index in [9.17, 15) is 9.90 Å². The van der Waals surface area contributed by atoms with Crippen molar-refractivity contribution >= 4 is 23.1 Å². The number of phenolic OH excluding ortho intramolecular Hbond substituents is 1. The van der Waals surface area contributed by atoms with Crippen molar-refractivity contribution in [2.45, 2.75) is 6.42 Å². The fourth-order valence-electron chi connectivity index (χ4n) is 2.97. The number of carbonyl (C=O) groups excluding carboxylic acids is 1. The van der Waals surface area contributed by atoms with Crippen molar-refractivity contribution in [3.63, 3.8) is 0 Å². The van der Waals surface area contributed by atoms with Gasteiger partial charge in [-0.3, -0.25) is 9.69 Å². The van der Waals surface area contributed by atoms with E-state index in [1.807, 2.05) is 24.3 Å². The average molecular weight is 345 g/mol. The van der Waals surface area contributed by atoms with Crippen molar-refractivity contribution in [2.75, 3.05) is 37.6 Å². The summed E-state index contributed by atoms with van der Waals surface area (Å²) in [5.74, 6) is 0.297. The fourth-order valence-corrected chi connectivity index (χ4v) is 3.23. The lowest BCUT2D eigenvalue weighted by atomic mass is 10.1. The van der Waals surface area contributed by atoms with Crippen LogP contribution in [0.2, 0.25) is 5.02 Å². The molecule has 1 aliphatic heterocycles. The zero-order valence-corrected chi connectivity index (χ0v) is 14.2. The zero-order chi connectivity index (χ0) is 16.9. The highest BCUT2D eigenvalue weighted by Crippen LogP contribution is 2.26. The number of piperazine rings is 1. The van der Waals surface area contributed by atoms with Gasteiger partial charge in [0.05, 0.1) is 10.7 Å². The smallest absolute Gasteiger partial charge is 0.164 e. The quantitative estimate of drug-likeness (QED) is 0.844. The summed E-state index contributed by atoms with van der Waals surface area (Å²) >= 11 is 6.26. The number of phenols is 1. The van der Waals surface area contributed by atoms with Crippen LogP contribution >= 0.6 is 11.6 Å². The van der Waals surface area contributed by atoms with Gasteiger partial charge in [0.15, 0.2) is 5.78 Å². The Morgan fingerprint density at radius 1 is 1.00 bits per heavy atom. The Bertz CT molecular complexity index is 695. The Labute approximate surface area is 147 Å². The van der Waals surface area contributed by atoms with Gasteiger partial charge < -0.3 is 10.0 Å². The molecule has 0 aromatic heterocycles. The Kier molecular flexibility index (Phi) is 5.38. The number of benzene rings is 2. The van der Waals surface area contributed by atoms with Gasteiger partial charge in [0.1, 0.15) is 5.75 Å². The van der Waals surface area contributed by atoms with E-state index < -0.39 is 0 Å². The number of hydrogen-bond donors (Lipinski definition) is 1. The van der Waals surface area contributed by atoms with E-state index in [1.165, 1.54) is 0 Å². The molecule has 1 heterocycles. The minimum atomic E-state index is 0.114. The first-order valence-corrected chi connectivity index (χ1v) is 8.55. The van der Waals surface area contributed by atoms with E-state index in [2.05, 4.69) is 9.80 Å². The zero-order valence-electron chi connectivity index (χ0n) is 13.5. The Morgan fingerprint density at radius 3 is 2.33 bits per heavy atom. The van der Waals surface area contributed by atoms with Crippen LogP contribution in [0.1, 0.15) is 16.8 Å². The maximum atomic E-state index is 12.2. The highest BCUT2D eigenvalue weighted by atomic mass is 35.5. The van der Waals surface area contributed by atoms with E-state index in [-0.39, 0.29) is 11.5 Å². The molecule has 2 aromatic carbocycles. The summed E-state index contributed by atoms with van der Waals surface area (Å²) in [6.07, 6.45) is 0.497. The molecule has 3 rings (SSSR count). The van der Waals surface area contributed by atoms with E-state index in [0.717, 1.165) is 43.4 Å². The molecule has 2 aromatic rings. The average Bonchev–Trinajstić information content (AvgIpc) is 2.61. The molecule has 0 atom stereocenters. The van der Waals surface area contributed by atoms with Gasteiger partial charge in [-0.1, -0.05) is 23.7 Å². The molecule has 1 fully saturated rings. The largest absolute Gasteiger partial charge is 0.508 e. The van der Waals surface area contributed by atoms with Gasteiger partial charge in [0.25, 0.3) is 0 Å². The van der Waals surface area contributed by atoms with Crippen LogP contribution in [0, 0.1) is 0 Å². The number of hydrogen-bond acceptors (Lipinski definition) is 4. The number of rotatable bonds is 5. The number of ketones is 1. The minimum Gasteiger partial charge on any atom is -0.508 e. The molecule has 1 N–H and O–H groups in total. The van der Waals surface area contributed by atoms with Gasteiger partial charge in [-0.15, -0.1) is 0 Å². The summed E-state index contributed by atoms with van der Waals surface area (Å²) in [5.41, 5.74) is 1.74. The minimum absolute atomic E-state index is 0.114. The van der Waals surface area contributed by atoms with Crippen molar-refractivity contribution in [3.05, 3.63) is 59.1 Å². The number of anilines is 1. The molecule has 0 aliphatic carbocycles. The maximum Gasteiger partial charge on any atom is 0.164 e. The number of Topliss-reactive ketones (excluding diaryl/α,β-unsaturated/α-hetero) is 1. The van der Waals surface area contributed by atoms with Crippen molar-refractivity contribution in [3.8, 4) is 5.75 Å². The molecule has 1 saturated heterocycles. The third kappa shape index (κ3) is 4.08. The van der Waals surface area contributed by atoms with Crippen molar-refractivity contribution in [2.24, 2.45) is 0 Å². The fraction of sp³-hybridized carbons (Fsp3) is 0.316. The first-order chi connectivity index (χ1) is 11.6. The number of aromatic hydroxyl groups is 1. The second kappa shape index (κ2) is 7.69. The molecule has 126 valence electrons. The van der Waals surface area contributed by atoms with Gasteiger partial charge in [-0.25, -0.2) is 0 Å². The van der Waals surface area contributed by atoms with Crippen LogP contribution in [0.25, 0.3) is 0 Å². The van der Waals surface area contributed by atoms with Crippen molar-refractivity contribution in [1.82, 2.24) is 4.90 Å². The van der Waals surface area contributed by atoms with Crippen LogP contribution in [-0.2, 0) is 0 Å². The van der Waals surface area contributed by atoms with Crippen LogP contribution in [0.15, 0.2) is 48.5 Å². The molecule has 0 saturated carbocycles. The first-order valence-electron chi connectivity index (χ1n) is 8.17. The van der Waals surface area contributed by atoms with Gasteiger partial charge in [-0.2, -0.15) is 0 Å². The van der Waals surface area contributed by atoms with Crippen LogP contribution < -0.4 is 4.90 Å². The molecule has 5 heteroatoms. The van der Waals surface area contributed by atoms with Gasteiger partial charge in [0, 0.05) is 44.7 Å².